The van der Waals surface area contributed by atoms with E-state index in [-0.39, 0.29) is 5.41 Å². The number of nitrogens with zero attached hydrogens (tertiary/aromatic N) is 1. The van der Waals surface area contributed by atoms with Gasteiger partial charge in [0.15, 0.2) is 0 Å². The molecule has 1 heterocycles. The summed E-state index contributed by atoms with van der Waals surface area (Å²) in [5.74, 6) is 0. The second kappa shape index (κ2) is 12.4. The molecule has 1 nitrogen and oxygen atoms in total. The fourth-order valence-electron chi connectivity index (χ4n) is 9.16. The van der Waals surface area contributed by atoms with Gasteiger partial charge in [0.2, 0.25) is 0 Å². The number of aromatic nitrogens is 1. The summed E-state index contributed by atoms with van der Waals surface area (Å²) in [6.45, 7) is 4.77. The molecule has 1 aliphatic carbocycles. The van der Waals surface area contributed by atoms with Gasteiger partial charge in [0, 0.05) is 21.9 Å². The molecule has 0 saturated carbocycles. The number of benzene rings is 9. The summed E-state index contributed by atoms with van der Waals surface area (Å²) in [5, 5.41) is 11.8. The molecule has 1 atom stereocenters. The Morgan fingerprint density at radius 3 is 1.82 bits per heavy atom. The van der Waals surface area contributed by atoms with Crippen molar-refractivity contribution in [3.8, 4) is 27.9 Å². The first-order valence-electron chi connectivity index (χ1n) is 19.2. The van der Waals surface area contributed by atoms with E-state index in [1.54, 1.807) is 0 Å². The first kappa shape index (κ1) is 32.2. The highest BCUT2D eigenvalue weighted by Crippen LogP contribution is 2.49. The molecule has 0 amide bonds. The maximum atomic E-state index is 2.52. The molecule has 260 valence electrons. The maximum absolute atomic E-state index is 2.52. The first-order valence-corrected chi connectivity index (χ1v) is 20.5. The predicted octanol–water partition coefficient (Wildman–Crippen LogP) is 12.8. The van der Waals surface area contributed by atoms with Crippen molar-refractivity contribution in [1.82, 2.24) is 4.57 Å². The van der Waals surface area contributed by atoms with Gasteiger partial charge >= 0.3 is 0 Å². The normalized spacial score (nSPS) is 13.7. The van der Waals surface area contributed by atoms with Gasteiger partial charge in [0.25, 0.3) is 0 Å². The van der Waals surface area contributed by atoms with Crippen molar-refractivity contribution in [2.24, 2.45) is 0 Å². The molecular formula is C53H38NP. The summed E-state index contributed by atoms with van der Waals surface area (Å²) in [6.07, 6.45) is 0. The van der Waals surface area contributed by atoms with E-state index in [0.717, 1.165) is 0 Å². The molecule has 0 N–H and O–H groups in total. The van der Waals surface area contributed by atoms with E-state index in [9.17, 15) is 0 Å². The fraction of sp³-hybridized carbons (Fsp3) is 0.0566. The Kier molecular flexibility index (Phi) is 7.25. The summed E-state index contributed by atoms with van der Waals surface area (Å²) in [6, 6.07) is 72.6. The molecule has 1 aromatic heterocycles. The van der Waals surface area contributed by atoms with Crippen LogP contribution in [0.25, 0.3) is 71.3 Å². The zero-order valence-corrected chi connectivity index (χ0v) is 31.8. The van der Waals surface area contributed by atoms with Crippen molar-refractivity contribution in [2.75, 3.05) is 0 Å². The minimum atomic E-state index is -0.845. The summed E-state index contributed by atoms with van der Waals surface area (Å²) >= 11 is 0. The molecule has 2 heteroatoms. The van der Waals surface area contributed by atoms with Gasteiger partial charge in [-0.3, -0.25) is 0 Å². The van der Waals surface area contributed by atoms with Crippen LogP contribution in [-0.4, -0.2) is 4.57 Å². The van der Waals surface area contributed by atoms with Crippen molar-refractivity contribution in [3.05, 3.63) is 205 Å². The van der Waals surface area contributed by atoms with Crippen molar-refractivity contribution in [3.63, 3.8) is 0 Å². The minimum absolute atomic E-state index is 0.0582. The predicted molar refractivity (Wildman–Crippen MR) is 237 cm³/mol. The minimum Gasteiger partial charge on any atom is -0.309 e. The van der Waals surface area contributed by atoms with Crippen LogP contribution >= 0.6 is 7.92 Å². The zero-order valence-electron chi connectivity index (χ0n) is 30.9. The maximum Gasteiger partial charge on any atom is 0.0541 e. The van der Waals surface area contributed by atoms with Crippen molar-refractivity contribution < 1.29 is 0 Å². The lowest BCUT2D eigenvalue weighted by Crippen LogP contribution is -2.23. The molecule has 10 aromatic rings. The number of hydrogen-bond donors (Lipinski definition) is 0. The lowest BCUT2D eigenvalue weighted by Gasteiger charge is -2.25. The second-order valence-electron chi connectivity index (χ2n) is 15.4. The molecular weight excluding hydrogens is 682 g/mol. The Labute approximate surface area is 322 Å². The standard InChI is InChI=1S/C53H38NP/c1-53(2)49-18-10-8-16-45(49)46-28-27-44(34-50(46)53)55(43-26-22-38-30-36-12-6-7-13-37(36)31-40(38)32-43)42-24-20-35(21-25-42)39-23-29-52-48(33-39)47-17-9-11-19-51(47)54(52)41-14-4-3-5-15-41/h3-34H,1-2H3. The number of para-hydroxylation sites is 2. The highest BCUT2D eigenvalue weighted by atomic mass is 31.1. The quantitative estimate of drug-likeness (QED) is 0.123. The molecule has 0 aliphatic heterocycles. The Hall–Kier alpha value is -6.27. The summed E-state index contributed by atoms with van der Waals surface area (Å²) in [5.41, 5.74) is 11.6. The highest BCUT2D eigenvalue weighted by Gasteiger charge is 2.36. The highest BCUT2D eigenvalue weighted by molar-refractivity contribution is 7.79. The number of fused-ring (bicyclic) bond motifs is 8. The van der Waals surface area contributed by atoms with Crippen LogP contribution < -0.4 is 15.9 Å². The van der Waals surface area contributed by atoms with Crippen LogP contribution in [0.1, 0.15) is 25.0 Å². The van der Waals surface area contributed by atoms with Gasteiger partial charge < -0.3 is 4.57 Å². The van der Waals surface area contributed by atoms with Gasteiger partial charge in [0.05, 0.1) is 11.0 Å². The van der Waals surface area contributed by atoms with Gasteiger partial charge in [-0.05, 0) is 133 Å². The molecule has 0 bridgehead atoms. The Balaban J connectivity index is 1.04. The van der Waals surface area contributed by atoms with Crippen LogP contribution in [0, 0.1) is 0 Å². The van der Waals surface area contributed by atoms with E-state index in [4.69, 9.17) is 0 Å². The molecule has 55 heavy (non-hydrogen) atoms. The van der Waals surface area contributed by atoms with Crippen LogP contribution in [0.3, 0.4) is 0 Å². The molecule has 0 radical (unpaired) electrons. The lowest BCUT2D eigenvalue weighted by atomic mass is 9.82. The third kappa shape index (κ3) is 5.11. The topological polar surface area (TPSA) is 4.93 Å². The van der Waals surface area contributed by atoms with Crippen molar-refractivity contribution >= 4 is 67.2 Å². The van der Waals surface area contributed by atoms with E-state index in [0.29, 0.717) is 0 Å². The van der Waals surface area contributed by atoms with E-state index < -0.39 is 7.92 Å². The van der Waals surface area contributed by atoms with Crippen LogP contribution in [0.15, 0.2) is 194 Å². The van der Waals surface area contributed by atoms with Crippen molar-refractivity contribution in [2.45, 2.75) is 19.3 Å². The second-order valence-corrected chi connectivity index (χ2v) is 17.7. The third-order valence-corrected chi connectivity index (χ3v) is 14.3. The van der Waals surface area contributed by atoms with E-state index >= 15 is 0 Å². The van der Waals surface area contributed by atoms with Crippen LogP contribution in [0.5, 0.6) is 0 Å². The molecule has 0 fully saturated rings. The number of rotatable bonds is 5. The van der Waals surface area contributed by atoms with Gasteiger partial charge in [0.1, 0.15) is 0 Å². The Morgan fingerprint density at radius 2 is 0.982 bits per heavy atom. The zero-order chi connectivity index (χ0) is 36.7. The summed E-state index contributed by atoms with van der Waals surface area (Å²) in [7, 11) is -0.845. The summed E-state index contributed by atoms with van der Waals surface area (Å²) in [4.78, 5) is 0. The Bertz CT molecular complexity index is 3110. The Morgan fingerprint density at radius 1 is 0.382 bits per heavy atom. The largest absolute Gasteiger partial charge is 0.309 e. The molecule has 0 spiro atoms. The van der Waals surface area contributed by atoms with Crippen molar-refractivity contribution in [1.29, 1.82) is 0 Å². The average Bonchev–Trinajstić information content (AvgIpc) is 3.68. The molecule has 1 unspecified atom stereocenters. The van der Waals surface area contributed by atoms with Crippen LogP contribution in [-0.2, 0) is 5.41 Å². The van der Waals surface area contributed by atoms with Crippen LogP contribution in [0.2, 0.25) is 0 Å². The van der Waals surface area contributed by atoms with Gasteiger partial charge in [-0.2, -0.15) is 0 Å². The average molecular weight is 720 g/mol. The van der Waals surface area contributed by atoms with E-state index in [1.165, 1.54) is 98.3 Å². The molecule has 0 saturated heterocycles. The molecule has 9 aromatic carbocycles. The van der Waals surface area contributed by atoms with E-state index in [1.807, 2.05) is 0 Å². The van der Waals surface area contributed by atoms with Gasteiger partial charge in [-0.15, -0.1) is 0 Å². The molecule has 1 aliphatic rings. The fourth-order valence-corrected chi connectivity index (χ4v) is 11.5. The van der Waals surface area contributed by atoms with E-state index in [2.05, 4.69) is 213 Å². The smallest absolute Gasteiger partial charge is 0.0541 e. The van der Waals surface area contributed by atoms with Crippen LogP contribution in [0.4, 0.5) is 0 Å². The van der Waals surface area contributed by atoms with Gasteiger partial charge in [-0.25, -0.2) is 0 Å². The SMILES string of the molecule is CC1(C)c2ccccc2-c2ccc(P(c3ccc(-c4ccc5c(c4)c4ccccc4n5-c4ccccc4)cc3)c3ccc4cc5ccccc5cc4c3)cc21. The van der Waals surface area contributed by atoms with Gasteiger partial charge in [-0.1, -0.05) is 153 Å². The number of hydrogen-bond acceptors (Lipinski definition) is 0. The summed E-state index contributed by atoms with van der Waals surface area (Å²) < 4.78 is 2.38. The monoisotopic (exact) mass is 719 g/mol. The first-order chi connectivity index (χ1) is 27.0. The third-order valence-electron chi connectivity index (χ3n) is 11.9. The molecule has 11 rings (SSSR count). The lowest BCUT2D eigenvalue weighted by molar-refractivity contribution is 0.661.